The number of aromatic amines is 1. The van der Waals surface area contributed by atoms with Gasteiger partial charge in [-0.1, -0.05) is 36.4 Å². The van der Waals surface area contributed by atoms with Crippen molar-refractivity contribution in [2.45, 2.75) is 12.5 Å². The maximum atomic E-state index is 12.6. The number of hydrogen-bond acceptors (Lipinski definition) is 10. The van der Waals surface area contributed by atoms with Crippen LogP contribution in [0, 0.1) is 11.8 Å². The maximum Gasteiger partial charge on any atom is 0.527 e. The fourth-order valence-corrected chi connectivity index (χ4v) is 6.00. The van der Waals surface area contributed by atoms with Crippen LogP contribution >= 0.6 is 15.6 Å². The Balaban J connectivity index is 1.33. The van der Waals surface area contributed by atoms with E-state index in [1.807, 2.05) is 0 Å². The van der Waals surface area contributed by atoms with Crippen LogP contribution < -0.4 is 20.3 Å². The van der Waals surface area contributed by atoms with Crippen molar-refractivity contribution in [2.24, 2.45) is 11.8 Å². The Kier molecular flexibility index (Phi) is 7.59. The lowest BCUT2D eigenvalue weighted by molar-refractivity contribution is -0.00444. The zero-order chi connectivity index (χ0) is 27.6. The van der Waals surface area contributed by atoms with Crippen LogP contribution in [0.25, 0.3) is 11.2 Å². The SMILES string of the molecule is Nc1nc2c(ncn2[C@@H]2C[C@H](COP(=O)(O)Oc3ccccc3)[C@@H]2COP(=O)(O)Oc2ccccc2)c(=O)[nH]1. The standard InChI is InChI=1S/C23H25N5O9P2/c24-23-26-21-20(22(29)27-23)25-14-28(21)19-11-15(12-34-38(30,31)36-16-7-3-1-4-8-16)18(19)13-35-39(32,33)37-17-9-5-2-6-10-17/h1-10,14-15,18-19H,11-13H2,(H,30,31)(H,32,33)(H3,24,26,27,29)/t15-,18+,19-/m1/s1. The molecule has 4 aromatic rings. The first-order chi connectivity index (χ1) is 18.6. The van der Waals surface area contributed by atoms with E-state index in [4.69, 9.17) is 23.8 Å². The van der Waals surface area contributed by atoms with Crippen LogP contribution in [0.2, 0.25) is 0 Å². The highest BCUT2D eigenvalue weighted by Crippen LogP contribution is 2.52. The molecule has 206 valence electrons. The van der Waals surface area contributed by atoms with Crippen LogP contribution in [0.5, 0.6) is 11.5 Å². The molecule has 0 saturated heterocycles. The molecule has 1 fully saturated rings. The second-order valence-corrected chi connectivity index (χ2v) is 11.6. The number of aromatic nitrogens is 4. The molecule has 5 N–H and O–H groups in total. The van der Waals surface area contributed by atoms with E-state index in [0.717, 1.165) is 0 Å². The predicted octanol–water partition coefficient (Wildman–Crippen LogP) is 3.27. The predicted molar refractivity (Wildman–Crippen MR) is 139 cm³/mol. The molecule has 1 aliphatic rings. The fraction of sp³-hybridized carbons (Fsp3) is 0.261. The van der Waals surface area contributed by atoms with Gasteiger partial charge in [-0.15, -0.1) is 0 Å². The summed E-state index contributed by atoms with van der Waals surface area (Å²) in [7, 11) is -8.99. The Hall–Kier alpha value is -3.51. The minimum atomic E-state index is -4.52. The van der Waals surface area contributed by atoms with E-state index in [2.05, 4.69) is 15.0 Å². The topological polar surface area (TPSA) is 201 Å². The van der Waals surface area contributed by atoms with Gasteiger partial charge in [-0.3, -0.25) is 28.6 Å². The summed E-state index contributed by atoms with van der Waals surface area (Å²) < 4.78 is 47.5. The highest BCUT2D eigenvalue weighted by atomic mass is 31.2. The number of rotatable bonds is 11. The highest BCUT2D eigenvalue weighted by Gasteiger charge is 2.45. The maximum absolute atomic E-state index is 12.6. The average molecular weight is 577 g/mol. The zero-order valence-corrected chi connectivity index (χ0v) is 22.1. The van der Waals surface area contributed by atoms with Crippen molar-refractivity contribution in [1.29, 1.82) is 0 Å². The van der Waals surface area contributed by atoms with E-state index in [1.54, 1.807) is 41.0 Å². The smallest absolute Gasteiger partial charge is 0.404 e. The van der Waals surface area contributed by atoms with Crippen molar-refractivity contribution >= 4 is 32.8 Å². The number of nitrogens with one attached hydrogen (secondary N) is 1. The van der Waals surface area contributed by atoms with Gasteiger partial charge in [0.25, 0.3) is 5.56 Å². The number of nitrogens with two attached hydrogens (primary N) is 1. The van der Waals surface area contributed by atoms with Gasteiger partial charge in [0.1, 0.15) is 11.5 Å². The van der Waals surface area contributed by atoms with Crippen LogP contribution in [0.15, 0.2) is 71.8 Å². The van der Waals surface area contributed by atoms with Gasteiger partial charge < -0.3 is 19.3 Å². The third kappa shape index (κ3) is 6.39. The van der Waals surface area contributed by atoms with Gasteiger partial charge in [0.15, 0.2) is 11.2 Å². The molecule has 16 heteroatoms. The molecule has 0 bridgehead atoms. The first-order valence-corrected chi connectivity index (χ1v) is 14.8. The van der Waals surface area contributed by atoms with Gasteiger partial charge in [0.2, 0.25) is 5.95 Å². The second-order valence-electron chi connectivity index (χ2n) is 8.84. The van der Waals surface area contributed by atoms with Crippen molar-refractivity contribution in [1.82, 2.24) is 19.5 Å². The molecule has 2 aromatic heterocycles. The van der Waals surface area contributed by atoms with Crippen LogP contribution in [0.1, 0.15) is 12.5 Å². The summed E-state index contributed by atoms with van der Waals surface area (Å²) in [5.41, 5.74) is 5.49. The van der Waals surface area contributed by atoms with E-state index in [1.165, 1.54) is 30.6 Å². The van der Waals surface area contributed by atoms with Gasteiger partial charge in [-0.25, -0.2) is 14.1 Å². The van der Waals surface area contributed by atoms with Gasteiger partial charge in [-0.05, 0) is 36.6 Å². The van der Waals surface area contributed by atoms with Crippen molar-refractivity contribution in [3.8, 4) is 11.5 Å². The van der Waals surface area contributed by atoms with Crippen LogP contribution in [-0.4, -0.2) is 42.5 Å². The normalized spacial score (nSPS) is 21.9. The van der Waals surface area contributed by atoms with Crippen LogP contribution in [0.4, 0.5) is 5.95 Å². The second kappa shape index (κ2) is 10.9. The number of nitrogen functional groups attached to an aromatic ring is 1. The van der Waals surface area contributed by atoms with Crippen molar-refractivity contribution in [2.75, 3.05) is 18.9 Å². The van der Waals surface area contributed by atoms with E-state index in [9.17, 15) is 23.7 Å². The van der Waals surface area contributed by atoms with Gasteiger partial charge in [-0.2, -0.15) is 4.98 Å². The Bertz CT molecular complexity index is 1600. The minimum absolute atomic E-state index is 0.0694. The number of para-hydroxylation sites is 2. The van der Waals surface area contributed by atoms with E-state index in [-0.39, 0.29) is 41.8 Å². The molecular formula is C23H25N5O9P2. The largest absolute Gasteiger partial charge is 0.527 e. The Labute approximate surface area is 221 Å². The number of hydrogen-bond donors (Lipinski definition) is 4. The molecule has 2 unspecified atom stereocenters. The summed E-state index contributed by atoms with van der Waals surface area (Å²) in [6, 6.07) is 15.6. The van der Waals surface area contributed by atoms with Gasteiger partial charge in [0, 0.05) is 12.0 Å². The molecule has 5 rings (SSSR count). The molecule has 0 spiro atoms. The molecule has 14 nitrogen and oxygen atoms in total. The Morgan fingerprint density at radius 3 is 2.10 bits per heavy atom. The molecule has 1 aliphatic carbocycles. The first kappa shape index (κ1) is 27.1. The lowest BCUT2D eigenvalue weighted by Crippen LogP contribution is -2.43. The molecule has 39 heavy (non-hydrogen) atoms. The number of imidazole rings is 1. The number of phosphoric ester groups is 2. The fourth-order valence-electron chi connectivity index (χ4n) is 4.37. The summed E-state index contributed by atoms with van der Waals surface area (Å²) in [5.74, 6) is -0.721. The van der Waals surface area contributed by atoms with Gasteiger partial charge >= 0.3 is 15.6 Å². The molecule has 2 heterocycles. The highest BCUT2D eigenvalue weighted by molar-refractivity contribution is 7.48. The molecular weight excluding hydrogens is 552 g/mol. The van der Waals surface area contributed by atoms with Crippen molar-refractivity contribution < 1.29 is 37.0 Å². The van der Waals surface area contributed by atoms with Crippen molar-refractivity contribution in [3.05, 3.63) is 77.3 Å². The van der Waals surface area contributed by atoms with E-state index >= 15 is 0 Å². The number of fused-ring (bicyclic) bond motifs is 1. The lowest BCUT2D eigenvalue weighted by Gasteiger charge is -2.45. The third-order valence-corrected chi connectivity index (χ3v) is 8.10. The number of phosphoric acid groups is 2. The number of benzene rings is 2. The monoisotopic (exact) mass is 577 g/mol. The third-order valence-electron chi connectivity index (χ3n) is 6.26. The molecule has 2 aromatic carbocycles. The van der Waals surface area contributed by atoms with Crippen LogP contribution in [0.3, 0.4) is 0 Å². The van der Waals surface area contributed by atoms with E-state index < -0.39 is 39.1 Å². The Morgan fingerprint density at radius 1 is 0.949 bits per heavy atom. The first-order valence-electron chi connectivity index (χ1n) is 11.8. The quantitative estimate of drug-likeness (QED) is 0.190. The number of anilines is 1. The van der Waals surface area contributed by atoms with Crippen LogP contribution in [-0.2, 0) is 18.2 Å². The van der Waals surface area contributed by atoms with Gasteiger partial charge in [0.05, 0.1) is 19.5 Å². The lowest BCUT2D eigenvalue weighted by atomic mass is 9.70. The Morgan fingerprint density at radius 2 is 1.51 bits per heavy atom. The molecule has 5 atom stereocenters. The summed E-state index contributed by atoms with van der Waals surface area (Å²) in [4.78, 5) is 43.4. The number of nitrogens with zero attached hydrogens (tertiary/aromatic N) is 3. The zero-order valence-electron chi connectivity index (χ0n) is 20.3. The minimum Gasteiger partial charge on any atom is -0.404 e. The summed E-state index contributed by atoms with van der Waals surface area (Å²) >= 11 is 0. The molecule has 0 radical (unpaired) electrons. The summed E-state index contributed by atoms with van der Waals surface area (Å²) in [6.07, 6.45) is 1.80. The molecule has 0 aliphatic heterocycles. The van der Waals surface area contributed by atoms with E-state index in [0.29, 0.717) is 6.42 Å². The molecule has 1 saturated carbocycles. The number of H-pyrrole nitrogens is 1. The average Bonchev–Trinajstić information content (AvgIpc) is 3.27. The molecule has 0 amide bonds. The summed E-state index contributed by atoms with van der Waals surface area (Å²) in [5, 5.41) is 0. The summed E-state index contributed by atoms with van der Waals surface area (Å²) in [6.45, 7) is -0.504. The van der Waals surface area contributed by atoms with Crippen molar-refractivity contribution in [3.63, 3.8) is 0 Å².